The van der Waals surface area contributed by atoms with E-state index >= 15 is 0 Å². The zero-order valence-corrected chi connectivity index (χ0v) is 16.5. The second-order valence-electron chi connectivity index (χ2n) is 6.43. The fourth-order valence-electron chi connectivity index (χ4n) is 2.88. The molecule has 3 rings (SSSR count). The Balaban J connectivity index is 1.53. The minimum atomic E-state index is -0.426. The van der Waals surface area contributed by atoms with Gasteiger partial charge in [-0.05, 0) is 36.9 Å². The lowest BCUT2D eigenvalue weighted by atomic mass is 10.2. The van der Waals surface area contributed by atoms with Gasteiger partial charge >= 0.3 is 0 Å². The third-order valence-corrected chi connectivity index (χ3v) is 5.29. The van der Waals surface area contributed by atoms with Gasteiger partial charge in [0.05, 0.1) is 13.2 Å². The first-order chi connectivity index (χ1) is 13.2. The van der Waals surface area contributed by atoms with Crippen LogP contribution in [-0.2, 0) is 6.54 Å². The molecule has 0 bridgehead atoms. The lowest BCUT2D eigenvalue weighted by Gasteiger charge is -2.20. The van der Waals surface area contributed by atoms with Crippen LogP contribution in [0.2, 0.25) is 0 Å². The van der Waals surface area contributed by atoms with Gasteiger partial charge in [0, 0.05) is 36.9 Å². The summed E-state index contributed by atoms with van der Waals surface area (Å²) in [5.41, 5.74) is 2.27. The van der Waals surface area contributed by atoms with Crippen LogP contribution in [0.15, 0.2) is 72.1 Å². The van der Waals surface area contributed by atoms with Crippen molar-refractivity contribution in [2.24, 2.45) is 0 Å². The molecule has 2 aromatic carbocycles. The molecule has 0 fully saturated rings. The molecule has 142 valence electrons. The molecule has 0 amide bonds. The molecule has 0 spiro atoms. The molecule has 1 unspecified atom stereocenters. The Labute approximate surface area is 164 Å². The Bertz CT molecular complexity index is 821. The van der Waals surface area contributed by atoms with E-state index in [1.54, 1.807) is 25.1 Å². The Morgan fingerprint density at radius 1 is 1.15 bits per heavy atom. The molecular weight excluding hydrogens is 358 g/mol. The van der Waals surface area contributed by atoms with E-state index in [0.717, 1.165) is 23.1 Å². The number of likely N-dealkylation sites (N-methyl/N-ethyl adjacent to an activating group) is 1. The van der Waals surface area contributed by atoms with Crippen molar-refractivity contribution in [2.75, 3.05) is 26.5 Å². The normalized spacial score (nSPS) is 12.3. The van der Waals surface area contributed by atoms with Crippen molar-refractivity contribution < 1.29 is 9.84 Å². The maximum absolute atomic E-state index is 10.4. The van der Waals surface area contributed by atoms with Gasteiger partial charge in [-0.2, -0.15) is 0 Å². The van der Waals surface area contributed by atoms with Crippen LogP contribution in [0.25, 0.3) is 5.69 Å². The van der Waals surface area contributed by atoms with Gasteiger partial charge < -0.3 is 9.84 Å². The van der Waals surface area contributed by atoms with Gasteiger partial charge in [-0.1, -0.05) is 42.1 Å². The monoisotopic (exact) mass is 383 g/mol. The highest BCUT2D eigenvalue weighted by atomic mass is 32.2. The smallest absolute Gasteiger partial charge is 0.172 e. The summed E-state index contributed by atoms with van der Waals surface area (Å²) in [7, 11) is 3.68. The molecule has 0 aliphatic heterocycles. The number of imidazole rings is 1. The Hall–Kier alpha value is -2.28. The number of aliphatic hydroxyl groups excluding tert-OH is 1. The first-order valence-corrected chi connectivity index (χ1v) is 9.85. The molecule has 27 heavy (non-hydrogen) atoms. The van der Waals surface area contributed by atoms with Gasteiger partial charge in [0.25, 0.3) is 0 Å². The van der Waals surface area contributed by atoms with Gasteiger partial charge in [-0.25, -0.2) is 4.98 Å². The number of hydrogen-bond donors (Lipinski definition) is 1. The number of thioether (sulfide) groups is 1. The summed E-state index contributed by atoms with van der Waals surface area (Å²) in [6, 6.07) is 18.1. The molecule has 6 heteroatoms. The summed E-state index contributed by atoms with van der Waals surface area (Å²) >= 11 is 1.56. The number of benzene rings is 2. The minimum Gasteiger partial charge on any atom is -0.497 e. The molecule has 0 aliphatic rings. The van der Waals surface area contributed by atoms with Crippen LogP contribution >= 0.6 is 11.8 Å². The van der Waals surface area contributed by atoms with E-state index in [9.17, 15) is 5.11 Å². The maximum Gasteiger partial charge on any atom is 0.172 e. The molecule has 1 aromatic heterocycles. The number of nitrogens with zero attached hydrogens (tertiary/aromatic N) is 3. The van der Waals surface area contributed by atoms with Gasteiger partial charge in [-0.15, -0.1) is 0 Å². The first kappa shape index (κ1) is 19.5. The van der Waals surface area contributed by atoms with Crippen LogP contribution in [0, 0.1) is 0 Å². The topological polar surface area (TPSA) is 50.5 Å². The standard InChI is InChI=1S/C21H25N3O2S/c1-23(14-17-6-4-3-5-7-17)15-19(25)16-27-21-22-12-13-24(21)18-8-10-20(26-2)11-9-18/h3-13,19,25H,14-16H2,1-2H3. The number of ether oxygens (including phenoxy) is 1. The van der Waals surface area contributed by atoms with E-state index in [1.165, 1.54) is 5.56 Å². The largest absolute Gasteiger partial charge is 0.497 e. The molecule has 3 aromatic rings. The molecular formula is C21H25N3O2S. The number of aliphatic hydroxyl groups is 1. The van der Waals surface area contributed by atoms with Crippen LogP contribution in [0.5, 0.6) is 5.75 Å². The third kappa shape index (κ3) is 5.60. The van der Waals surface area contributed by atoms with E-state index in [0.29, 0.717) is 12.3 Å². The van der Waals surface area contributed by atoms with E-state index < -0.39 is 6.10 Å². The van der Waals surface area contributed by atoms with E-state index in [4.69, 9.17) is 4.74 Å². The molecule has 0 saturated carbocycles. The van der Waals surface area contributed by atoms with Gasteiger partial charge in [0.1, 0.15) is 5.75 Å². The van der Waals surface area contributed by atoms with Crippen LogP contribution in [0.3, 0.4) is 0 Å². The average molecular weight is 384 g/mol. The van der Waals surface area contributed by atoms with E-state index in [1.807, 2.05) is 60.3 Å². The van der Waals surface area contributed by atoms with Crippen LogP contribution in [0.4, 0.5) is 0 Å². The summed E-state index contributed by atoms with van der Waals surface area (Å²) in [4.78, 5) is 6.56. The molecule has 1 heterocycles. The predicted molar refractivity (Wildman–Crippen MR) is 110 cm³/mol. The Kier molecular flexibility index (Phi) is 6.92. The number of aromatic nitrogens is 2. The highest BCUT2D eigenvalue weighted by molar-refractivity contribution is 7.99. The molecule has 0 radical (unpaired) electrons. The summed E-state index contributed by atoms with van der Waals surface area (Å²) in [6.45, 7) is 1.44. The molecule has 0 aliphatic carbocycles. The van der Waals surface area contributed by atoms with Crippen molar-refractivity contribution >= 4 is 11.8 Å². The van der Waals surface area contributed by atoms with Gasteiger partial charge in [-0.3, -0.25) is 9.47 Å². The number of hydrogen-bond acceptors (Lipinski definition) is 5. The van der Waals surface area contributed by atoms with Crippen molar-refractivity contribution in [2.45, 2.75) is 17.8 Å². The quantitative estimate of drug-likeness (QED) is 0.574. The minimum absolute atomic E-state index is 0.426. The van der Waals surface area contributed by atoms with Crippen molar-refractivity contribution in [3.63, 3.8) is 0 Å². The van der Waals surface area contributed by atoms with Crippen LogP contribution < -0.4 is 4.74 Å². The van der Waals surface area contributed by atoms with Crippen molar-refractivity contribution in [3.8, 4) is 11.4 Å². The molecule has 1 N–H and O–H groups in total. The van der Waals surface area contributed by atoms with Gasteiger partial charge in [0.15, 0.2) is 5.16 Å². The third-order valence-electron chi connectivity index (χ3n) is 4.18. The first-order valence-electron chi connectivity index (χ1n) is 8.87. The van der Waals surface area contributed by atoms with Crippen molar-refractivity contribution in [3.05, 3.63) is 72.6 Å². The summed E-state index contributed by atoms with van der Waals surface area (Å²) in [5.74, 6) is 1.41. The highest BCUT2D eigenvalue weighted by Crippen LogP contribution is 2.23. The zero-order valence-electron chi connectivity index (χ0n) is 15.7. The van der Waals surface area contributed by atoms with Crippen LogP contribution in [-0.4, -0.2) is 52.1 Å². The molecule has 1 atom stereocenters. The highest BCUT2D eigenvalue weighted by Gasteiger charge is 2.12. The summed E-state index contributed by atoms with van der Waals surface area (Å²) < 4.78 is 7.23. The Morgan fingerprint density at radius 2 is 1.89 bits per heavy atom. The van der Waals surface area contributed by atoms with E-state index in [-0.39, 0.29) is 0 Å². The van der Waals surface area contributed by atoms with E-state index in [2.05, 4.69) is 22.0 Å². The Morgan fingerprint density at radius 3 is 2.59 bits per heavy atom. The fourth-order valence-corrected chi connectivity index (χ4v) is 3.77. The number of methoxy groups -OCH3 is 1. The second kappa shape index (κ2) is 9.60. The summed E-state index contributed by atoms with van der Waals surface area (Å²) in [6.07, 6.45) is 3.28. The van der Waals surface area contributed by atoms with Crippen molar-refractivity contribution in [1.29, 1.82) is 0 Å². The molecule has 0 saturated heterocycles. The second-order valence-corrected chi connectivity index (χ2v) is 7.41. The number of rotatable bonds is 9. The lowest BCUT2D eigenvalue weighted by molar-refractivity contribution is 0.142. The lowest BCUT2D eigenvalue weighted by Crippen LogP contribution is -2.30. The SMILES string of the molecule is COc1ccc(-n2ccnc2SCC(O)CN(C)Cc2ccccc2)cc1. The van der Waals surface area contributed by atoms with Crippen LogP contribution in [0.1, 0.15) is 5.56 Å². The zero-order chi connectivity index (χ0) is 19.1. The maximum atomic E-state index is 10.4. The predicted octanol–water partition coefficient (Wildman–Crippen LogP) is 3.47. The van der Waals surface area contributed by atoms with Crippen molar-refractivity contribution in [1.82, 2.24) is 14.5 Å². The molecule has 5 nitrogen and oxygen atoms in total. The fraction of sp³-hybridized carbons (Fsp3) is 0.286. The van der Waals surface area contributed by atoms with Gasteiger partial charge in [0.2, 0.25) is 0 Å². The summed E-state index contributed by atoms with van der Waals surface area (Å²) in [5, 5.41) is 11.3. The average Bonchev–Trinajstić information content (AvgIpc) is 3.16.